The Morgan fingerprint density at radius 3 is 2.65 bits per heavy atom. The minimum Gasteiger partial charge on any atom is -0.396 e. The highest BCUT2D eigenvalue weighted by Gasteiger charge is 2.13. The standard InChI is InChI=1S/C13H21N3O/c1-9(8-17)10(2)15-7-12-5-13(6-14)16(4)11(12)3/h5,9-10,15,17H,7-8H2,1-4H3. The molecule has 0 spiro atoms. The molecule has 4 nitrogen and oxygen atoms in total. The highest BCUT2D eigenvalue weighted by atomic mass is 16.3. The van der Waals surface area contributed by atoms with Gasteiger partial charge in [-0.25, -0.2) is 0 Å². The van der Waals surface area contributed by atoms with Crippen molar-refractivity contribution in [3.8, 4) is 6.07 Å². The molecule has 1 aromatic rings. The first kappa shape index (κ1) is 13.8. The lowest BCUT2D eigenvalue weighted by atomic mass is 10.0. The second kappa shape index (κ2) is 5.85. The minimum atomic E-state index is 0.186. The Kier molecular flexibility index (Phi) is 4.73. The van der Waals surface area contributed by atoms with Gasteiger partial charge in [-0.2, -0.15) is 5.26 Å². The number of aliphatic hydroxyl groups excluding tert-OH is 1. The average Bonchev–Trinajstić information content (AvgIpc) is 2.62. The predicted molar refractivity (Wildman–Crippen MR) is 67.4 cm³/mol. The molecule has 0 aliphatic rings. The van der Waals surface area contributed by atoms with Gasteiger partial charge in [0.2, 0.25) is 0 Å². The van der Waals surface area contributed by atoms with E-state index in [1.807, 2.05) is 31.5 Å². The Bertz CT molecular complexity index is 417. The zero-order valence-corrected chi connectivity index (χ0v) is 11.0. The summed E-state index contributed by atoms with van der Waals surface area (Å²) in [7, 11) is 1.90. The number of nitrogens with one attached hydrogen (secondary N) is 1. The van der Waals surface area contributed by atoms with E-state index >= 15 is 0 Å². The van der Waals surface area contributed by atoms with Crippen molar-refractivity contribution in [2.24, 2.45) is 13.0 Å². The smallest absolute Gasteiger partial charge is 0.120 e. The molecule has 17 heavy (non-hydrogen) atoms. The van der Waals surface area contributed by atoms with Gasteiger partial charge in [0.25, 0.3) is 0 Å². The van der Waals surface area contributed by atoms with Crippen molar-refractivity contribution in [3.63, 3.8) is 0 Å². The van der Waals surface area contributed by atoms with Crippen LogP contribution in [0.5, 0.6) is 0 Å². The van der Waals surface area contributed by atoms with Gasteiger partial charge in [0.05, 0.1) is 0 Å². The molecule has 0 fully saturated rings. The van der Waals surface area contributed by atoms with Crippen molar-refractivity contribution < 1.29 is 5.11 Å². The normalized spacial score (nSPS) is 14.4. The Balaban J connectivity index is 2.68. The molecule has 2 atom stereocenters. The third kappa shape index (κ3) is 3.09. The number of rotatable bonds is 5. The molecule has 0 saturated carbocycles. The van der Waals surface area contributed by atoms with Gasteiger partial charge in [-0.05, 0) is 31.4 Å². The summed E-state index contributed by atoms with van der Waals surface area (Å²) in [5, 5.41) is 21.4. The van der Waals surface area contributed by atoms with Crippen molar-refractivity contribution >= 4 is 0 Å². The van der Waals surface area contributed by atoms with Gasteiger partial charge >= 0.3 is 0 Å². The highest BCUT2D eigenvalue weighted by molar-refractivity contribution is 5.34. The van der Waals surface area contributed by atoms with Crippen molar-refractivity contribution in [2.75, 3.05) is 6.61 Å². The lowest BCUT2D eigenvalue weighted by Gasteiger charge is -2.19. The lowest BCUT2D eigenvalue weighted by molar-refractivity contribution is 0.207. The molecule has 1 rings (SSSR count). The summed E-state index contributed by atoms with van der Waals surface area (Å²) < 4.78 is 1.90. The topological polar surface area (TPSA) is 61.0 Å². The van der Waals surface area contributed by atoms with Crippen molar-refractivity contribution in [1.82, 2.24) is 9.88 Å². The third-order valence-corrected chi connectivity index (χ3v) is 3.51. The van der Waals surface area contributed by atoms with E-state index in [0.29, 0.717) is 5.69 Å². The second-order valence-electron chi connectivity index (χ2n) is 4.64. The van der Waals surface area contributed by atoms with Crippen LogP contribution in [0.1, 0.15) is 30.8 Å². The predicted octanol–water partition coefficient (Wildman–Crippen LogP) is 1.31. The maximum Gasteiger partial charge on any atom is 0.120 e. The largest absolute Gasteiger partial charge is 0.396 e. The number of nitriles is 1. The number of aromatic nitrogens is 1. The second-order valence-corrected chi connectivity index (χ2v) is 4.64. The van der Waals surface area contributed by atoms with E-state index in [1.165, 1.54) is 0 Å². The fraction of sp³-hybridized carbons (Fsp3) is 0.615. The zero-order chi connectivity index (χ0) is 13.0. The summed E-state index contributed by atoms with van der Waals surface area (Å²) in [4.78, 5) is 0. The Morgan fingerprint density at radius 1 is 1.53 bits per heavy atom. The van der Waals surface area contributed by atoms with Crippen LogP contribution in [0, 0.1) is 24.2 Å². The van der Waals surface area contributed by atoms with E-state index in [-0.39, 0.29) is 18.6 Å². The van der Waals surface area contributed by atoms with E-state index in [1.54, 1.807) is 0 Å². The molecule has 4 heteroatoms. The molecule has 0 bridgehead atoms. The van der Waals surface area contributed by atoms with Gasteiger partial charge < -0.3 is 15.0 Å². The summed E-state index contributed by atoms with van der Waals surface area (Å²) in [6.07, 6.45) is 0. The van der Waals surface area contributed by atoms with Gasteiger partial charge in [-0.3, -0.25) is 0 Å². The fourth-order valence-electron chi connectivity index (χ4n) is 1.68. The van der Waals surface area contributed by atoms with Crippen LogP contribution in [0.3, 0.4) is 0 Å². The summed E-state index contributed by atoms with van der Waals surface area (Å²) in [6.45, 7) is 7.00. The van der Waals surface area contributed by atoms with Crippen LogP contribution in [0.4, 0.5) is 0 Å². The minimum absolute atomic E-state index is 0.186. The first-order valence-electron chi connectivity index (χ1n) is 5.90. The molecule has 0 amide bonds. The van der Waals surface area contributed by atoms with Crippen LogP contribution in [-0.4, -0.2) is 22.3 Å². The molecule has 0 radical (unpaired) electrons. The molecule has 0 aliphatic carbocycles. The van der Waals surface area contributed by atoms with E-state index < -0.39 is 0 Å². The van der Waals surface area contributed by atoms with Crippen LogP contribution >= 0.6 is 0 Å². The number of hydrogen-bond donors (Lipinski definition) is 2. The van der Waals surface area contributed by atoms with Gasteiger partial charge in [0.15, 0.2) is 0 Å². The van der Waals surface area contributed by atoms with E-state index in [9.17, 15) is 0 Å². The summed E-state index contributed by atoms with van der Waals surface area (Å²) in [5.74, 6) is 0.231. The van der Waals surface area contributed by atoms with Crippen molar-refractivity contribution in [1.29, 1.82) is 5.26 Å². The molecule has 2 unspecified atom stereocenters. The highest BCUT2D eigenvalue weighted by Crippen LogP contribution is 2.13. The van der Waals surface area contributed by atoms with E-state index in [2.05, 4.69) is 18.3 Å². The Labute approximate surface area is 103 Å². The third-order valence-electron chi connectivity index (χ3n) is 3.51. The van der Waals surface area contributed by atoms with Crippen LogP contribution in [-0.2, 0) is 13.6 Å². The van der Waals surface area contributed by atoms with Gasteiger partial charge in [-0.1, -0.05) is 6.92 Å². The maximum absolute atomic E-state index is 9.06. The molecule has 2 N–H and O–H groups in total. The van der Waals surface area contributed by atoms with E-state index in [4.69, 9.17) is 10.4 Å². The molecular formula is C13H21N3O. The monoisotopic (exact) mass is 235 g/mol. The zero-order valence-electron chi connectivity index (χ0n) is 11.0. The summed E-state index contributed by atoms with van der Waals surface area (Å²) in [6, 6.07) is 4.34. The van der Waals surface area contributed by atoms with Gasteiger partial charge in [0, 0.05) is 31.9 Å². The van der Waals surface area contributed by atoms with Crippen LogP contribution in [0.25, 0.3) is 0 Å². The fourth-order valence-corrected chi connectivity index (χ4v) is 1.68. The van der Waals surface area contributed by atoms with Gasteiger partial charge in [-0.15, -0.1) is 0 Å². The molecule has 1 heterocycles. The number of aliphatic hydroxyl groups is 1. The molecule has 1 aromatic heterocycles. The molecule has 0 aromatic carbocycles. The first-order valence-corrected chi connectivity index (χ1v) is 5.90. The van der Waals surface area contributed by atoms with Crippen LogP contribution < -0.4 is 5.32 Å². The average molecular weight is 235 g/mol. The first-order chi connectivity index (χ1) is 8.01. The maximum atomic E-state index is 9.06. The molecule has 0 saturated heterocycles. The van der Waals surface area contributed by atoms with E-state index in [0.717, 1.165) is 17.8 Å². The number of nitrogens with zero attached hydrogens (tertiary/aromatic N) is 2. The van der Waals surface area contributed by atoms with Crippen LogP contribution in [0.15, 0.2) is 6.07 Å². The van der Waals surface area contributed by atoms with Gasteiger partial charge in [0.1, 0.15) is 11.8 Å². The summed E-state index contributed by atoms with van der Waals surface area (Å²) in [5.41, 5.74) is 2.93. The Hall–Kier alpha value is -1.31. The van der Waals surface area contributed by atoms with Crippen LogP contribution in [0.2, 0.25) is 0 Å². The SMILES string of the molecule is Cc1c(CNC(C)C(C)CO)cc(C#N)n1C. The quantitative estimate of drug-likeness (QED) is 0.809. The number of hydrogen-bond acceptors (Lipinski definition) is 3. The van der Waals surface area contributed by atoms with Crippen molar-refractivity contribution in [3.05, 3.63) is 23.0 Å². The molecular weight excluding hydrogens is 214 g/mol. The Morgan fingerprint density at radius 2 is 2.18 bits per heavy atom. The molecule has 0 aliphatic heterocycles. The molecule has 94 valence electrons. The van der Waals surface area contributed by atoms with Crippen molar-refractivity contribution in [2.45, 2.75) is 33.4 Å². The summed E-state index contributed by atoms with van der Waals surface area (Å²) >= 11 is 0. The lowest BCUT2D eigenvalue weighted by Crippen LogP contribution is -2.33.